The third kappa shape index (κ3) is 3.55. The minimum absolute atomic E-state index is 0.782. The highest BCUT2D eigenvalue weighted by atomic mass is 15.3. The van der Waals surface area contributed by atoms with Crippen molar-refractivity contribution in [2.75, 3.05) is 39.3 Å². The maximum absolute atomic E-state index is 3.77. The van der Waals surface area contributed by atoms with E-state index in [-0.39, 0.29) is 0 Å². The molecule has 3 unspecified atom stereocenters. The molecule has 3 fully saturated rings. The summed E-state index contributed by atoms with van der Waals surface area (Å²) in [6.07, 6.45) is 10.1. The summed E-state index contributed by atoms with van der Waals surface area (Å²) in [6.45, 7) is 10.1. The molecule has 3 nitrogen and oxygen atoms in total. The lowest BCUT2D eigenvalue weighted by Crippen LogP contribution is -2.52. The predicted molar refractivity (Wildman–Crippen MR) is 85.1 cm³/mol. The Kier molecular flexibility index (Phi) is 5.36. The number of rotatable bonds is 4. The van der Waals surface area contributed by atoms with Gasteiger partial charge in [0.05, 0.1) is 0 Å². The number of hydrogen-bond donors (Lipinski definition) is 1. The molecule has 1 aliphatic carbocycles. The van der Waals surface area contributed by atoms with E-state index in [1.807, 2.05) is 0 Å². The SMILES string of the molecule is CCNC1CCCCCC1CN1CCN2CCCC2C1. The lowest BCUT2D eigenvalue weighted by molar-refractivity contribution is 0.0839. The molecule has 0 aromatic rings. The maximum Gasteiger partial charge on any atom is 0.0224 e. The van der Waals surface area contributed by atoms with Gasteiger partial charge < -0.3 is 10.2 Å². The third-order valence-electron chi connectivity index (χ3n) is 5.79. The van der Waals surface area contributed by atoms with Crippen LogP contribution in [0.25, 0.3) is 0 Å². The van der Waals surface area contributed by atoms with Crippen molar-refractivity contribution < 1.29 is 0 Å². The molecule has 20 heavy (non-hydrogen) atoms. The van der Waals surface area contributed by atoms with E-state index in [4.69, 9.17) is 0 Å². The van der Waals surface area contributed by atoms with E-state index in [0.29, 0.717) is 0 Å². The molecule has 1 N–H and O–H groups in total. The minimum Gasteiger partial charge on any atom is -0.314 e. The molecule has 0 spiro atoms. The van der Waals surface area contributed by atoms with Crippen molar-refractivity contribution >= 4 is 0 Å². The Bertz CT molecular complexity index is 294. The Morgan fingerprint density at radius 1 is 0.950 bits per heavy atom. The van der Waals surface area contributed by atoms with Crippen LogP contribution in [0.3, 0.4) is 0 Å². The average Bonchev–Trinajstić information content (AvgIpc) is 2.82. The van der Waals surface area contributed by atoms with Crippen molar-refractivity contribution in [3.05, 3.63) is 0 Å². The summed E-state index contributed by atoms with van der Waals surface area (Å²) in [5.41, 5.74) is 0. The summed E-state index contributed by atoms with van der Waals surface area (Å²) in [5, 5.41) is 3.77. The van der Waals surface area contributed by atoms with Crippen molar-refractivity contribution in [3.8, 4) is 0 Å². The fourth-order valence-electron chi connectivity index (χ4n) is 4.69. The van der Waals surface area contributed by atoms with E-state index in [1.165, 1.54) is 77.7 Å². The Hall–Kier alpha value is -0.120. The number of hydrogen-bond acceptors (Lipinski definition) is 3. The van der Waals surface area contributed by atoms with Crippen molar-refractivity contribution in [3.63, 3.8) is 0 Å². The first-order valence-corrected chi connectivity index (χ1v) is 9.06. The van der Waals surface area contributed by atoms with Gasteiger partial charge in [-0.25, -0.2) is 0 Å². The van der Waals surface area contributed by atoms with E-state index in [2.05, 4.69) is 22.0 Å². The zero-order valence-electron chi connectivity index (χ0n) is 13.3. The third-order valence-corrected chi connectivity index (χ3v) is 5.79. The molecule has 116 valence electrons. The smallest absolute Gasteiger partial charge is 0.0224 e. The van der Waals surface area contributed by atoms with Crippen molar-refractivity contribution in [1.82, 2.24) is 15.1 Å². The predicted octanol–water partition coefficient (Wildman–Crippen LogP) is 2.32. The Labute approximate surface area is 125 Å². The summed E-state index contributed by atoms with van der Waals surface area (Å²) >= 11 is 0. The van der Waals surface area contributed by atoms with Gasteiger partial charge in [-0.2, -0.15) is 0 Å². The van der Waals surface area contributed by atoms with Crippen LogP contribution in [0, 0.1) is 5.92 Å². The van der Waals surface area contributed by atoms with Crippen LogP contribution in [0.5, 0.6) is 0 Å². The van der Waals surface area contributed by atoms with Crippen LogP contribution in [0.15, 0.2) is 0 Å². The first-order chi connectivity index (χ1) is 9.86. The highest BCUT2D eigenvalue weighted by Crippen LogP contribution is 2.27. The van der Waals surface area contributed by atoms with Gasteiger partial charge in [-0.3, -0.25) is 4.90 Å². The molecule has 1 saturated carbocycles. The fraction of sp³-hybridized carbons (Fsp3) is 1.00. The van der Waals surface area contributed by atoms with E-state index in [9.17, 15) is 0 Å². The monoisotopic (exact) mass is 279 g/mol. The van der Waals surface area contributed by atoms with Gasteiger partial charge >= 0.3 is 0 Å². The van der Waals surface area contributed by atoms with E-state index in [1.54, 1.807) is 0 Å². The minimum atomic E-state index is 0.782. The average molecular weight is 279 g/mol. The number of piperazine rings is 1. The molecule has 3 rings (SSSR count). The van der Waals surface area contributed by atoms with Gasteiger partial charge in [0.2, 0.25) is 0 Å². The van der Waals surface area contributed by atoms with Crippen LogP contribution in [0.1, 0.15) is 51.9 Å². The van der Waals surface area contributed by atoms with Gasteiger partial charge in [-0.15, -0.1) is 0 Å². The van der Waals surface area contributed by atoms with Crippen LogP contribution in [-0.4, -0.2) is 61.2 Å². The molecule has 2 heterocycles. The molecule has 0 bridgehead atoms. The topological polar surface area (TPSA) is 18.5 Å². The normalized spacial score (nSPS) is 36.8. The van der Waals surface area contributed by atoms with Crippen LogP contribution in [0.4, 0.5) is 0 Å². The van der Waals surface area contributed by atoms with Crippen LogP contribution >= 0.6 is 0 Å². The zero-order chi connectivity index (χ0) is 13.8. The van der Waals surface area contributed by atoms with Crippen molar-refractivity contribution in [2.45, 2.75) is 64.0 Å². The van der Waals surface area contributed by atoms with Gasteiger partial charge in [0.25, 0.3) is 0 Å². The molecule has 0 amide bonds. The summed E-state index contributed by atoms with van der Waals surface area (Å²) in [6, 6.07) is 1.66. The Balaban J connectivity index is 1.54. The summed E-state index contributed by atoms with van der Waals surface area (Å²) in [5.74, 6) is 0.894. The lowest BCUT2D eigenvalue weighted by Gasteiger charge is -2.40. The molecule has 0 aromatic heterocycles. The quantitative estimate of drug-likeness (QED) is 0.797. The second-order valence-corrected chi connectivity index (χ2v) is 7.15. The Morgan fingerprint density at radius 3 is 2.75 bits per heavy atom. The highest BCUT2D eigenvalue weighted by Gasteiger charge is 2.32. The van der Waals surface area contributed by atoms with Gasteiger partial charge in [-0.1, -0.05) is 26.2 Å². The summed E-state index contributed by atoms with van der Waals surface area (Å²) < 4.78 is 0. The molecule has 2 saturated heterocycles. The molecule has 0 aromatic carbocycles. The van der Waals surface area contributed by atoms with Crippen LogP contribution in [0.2, 0.25) is 0 Å². The maximum atomic E-state index is 3.77. The molecule has 3 heteroatoms. The van der Waals surface area contributed by atoms with Crippen molar-refractivity contribution in [1.29, 1.82) is 0 Å². The number of fused-ring (bicyclic) bond motifs is 1. The molecule has 3 atom stereocenters. The lowest BCUT2D eigenvalue weighted by atomic mass is 9.93. The largest absolute Gasteiger partial charge is 0.314 e. The molecule has 2 aliphatic heterocycles. The van der Waals surface area contributed by atoms with E-state index < -0.39 is 0 Å². The van der Waals surface area contributed by atoms with Crippen molar-refractivity contribution in [2.24, 2.45) is 5.92 Å². The van der Waals surface area contributed by atoms with E-state index >= 15 is 0 Å². The molecular formula is C17H33N3. The molecule has 0 radical (unpaired) electrons. The fourth-order valence-corrected chi connectivity index (χ4v) is 4.69. The molecule has 3 aliphatic rings. The zero-order valence-corrected chi connectivity index (χ0v) is 13.3. The standard InChI is InChI=1S/C17H33N3/c1-2-18-17-9-5-3-4-7-15(17)13-19-11-12-20-10-6-8-16(20)14-19/h15-18H,2-14H2,1H3. The Morgan fingerprint density at radius 2 is 1.85 bits per heavy atom. The van der Waals surface area contributed by atoms with E-state index in [0.717, 1.165) is 24.5 Å². The first-order valence-electron chi connectivity index (χ1n) is 9.06. The van der Waals surface area contributed by atoms with Gasteiger partial charge in [0.15, 0.2) is 0 Å². The number of nitrogens with zero attached hydrogens (tertiary/aromatic N) is 2. The van der Waals surface area contributed by atoms with Gasteiger partial charge in [0.1, 0.15) is 0 Å². The number of nitrogens with one attached hydrogen (secondary N) is 1. The first kappa shape index (κ1) is 14.8. The summed E-state index contributed by atoms with van der Waals surface area (Å²) in [7, 11) is 0. The van der Waals surface area contributed by atoms with Crippen LogP contribution in [-0.2, 0) is 0 Å². The highest BCUT2D eigenvalue weighted by molar-refractivity contribution is 4.89. The van der Waals surface area contributed by atoms with Gasteiger partial charge in [0, 0.05) is 38.3 Å². The second-order valence-electron chi connectivity index (χ2n) is 7.15. The van der Waals surface area contributed by atoms with Gasteiger partial charge in [-0.05, 0) is 44.7 Å². The molecular weight excluding hydrogens is 246 g/mol. The summed E-state index contributed by atoms with van der Waals surface area (Å²) in [4.78, 5) is 5.51. The second kappa shape index (κ2) is 7.24. The van der Waals surface area contributed by atoms with Crippen LogP contribution < -0.4 is 5.32 Å².